The van der Waals surface area contributed by atoms with Gasteiger partial charge in [0.2, 0.25) is 0 Å². The van der Waals surface area contributed by atoms with Gasteiger partial charge in [-0.1, -0.05) is 28.1 Å². The van der Waals surface area contributed by atoms with Crippen LogP contribution in [0.4, 0.5) is 0 Å². The minimum Gasteiger partial charge on any atom is -0.492 e. The molecule has 112 valence electrons. The monoisotopic (exact) mass is 351 g/mol. The van der Waals surface area contributed by atoms with E-state index in [2.05, 4.69) is 27.3 Å². The number of carboxylic acid groups (broad SMARTS) is 1. The molecule has 0 heterocycles. The Balaban J connectivity index is 1.88. The van der Waals surface area contributed by atoms with Gasteiger partial charge < -0.3 is 15.2 Å². The van der Waals surface area contributed by atoms with Gasteiger partial charge >= 0.3 is 5.97 Å². The lowest BCUT2D eigenvalue weighted by Crippen LogP contribution is -2.33. The molecule has 0 aliphatic rings. The van der Waals surface area contributed by atoms with Crippen LogP contribution in [-0.2, 0) is 4.79 Å². The lowest BCUT2D eigenvalue weighted by Gasteiger charge is -2.14. The highest BCUT2D eigenvalue weighted by molar-refractivity contribution is 9.10. The van der Waals surface area contributed by atoms with Crippen LogP contribution in [0.1, 0.15) is 13.3 Å². The zero-order valence-corrected chi connectivity index (χ0v) is 13.4. The highest BCUT2D eigenvalue weighted by atomic mass is 79.9. The van der Waals surface area contributed by atoms with Crippen LogP contribution in [-0.4, -0.2) is 30.3 Å². The topological polar surface area (TPSA) is 58.6 Å². The van der Waals surface area contributed by atoms with Crippen molar-refractivity contribution in [2.24, 2.45) is 0 Å². The van der Waals surface area contributed by atoms with Gasteiger partial charge in [-0.15, -0.1) is 0 Å². The van der Waals surface area contributed by atoms with Crippen LogP contribution in [0.5, 0.6) is 5.75 Å². The first-order valence-electron chi connectivity index (χ1n) is 6.82. The molecule has 0 radical (unpaired) electrons. The van der Waals surface area contributed by atoms with E-state index < -0.39 is 5.97 Å². The minimum atomic E-state index is -0.795. The first-order valence-corrected chi connectivity index (χ1v) is 7.61. The van der Waals surface area contributed by atoms with E-state index >= 15 is 0 Å². The number of halogens is 1. The fourth-order valence-corrected chi connectivity index (χ4v) is 2.37. The molecule has 0 aliphatic carbocycles. The molecule has 0 saturated heterocycles. The van der Waals surface area contributed by atoms with Gasteiger partial charge in [-0.05, 0) is 42.0 Å². The molecule has 0 saturated carbocycles. The quantitative estimate of drug-likeness (QED) is 0.802. The first-order chi connectivity index (χ1) is 10.0. The molecule has 21 heavy (non-hydrogen) atoms. The summed E-state index contributed by atoms with van der Waals surface area (Å²) in [4.78, 5) is 10.4. The lowest BCUT2D eigenvalue weighted by atomic mass is 10.1. The fraction of sp³-hybridized carbons (Fsp3) is 0.312. The standard InChI is InChI=1S/C16H18BrNO3/c1-11(18-7-6-16(19)20)10-21-15-5-3-12-8-14(17)4-2-13(12)9-15/h2-5,8-9,11,18H,6-7,10H2,1H3,(H,19,20). The molecule has 0 aliphatic heterocycles. The van der Waals surface area contributed by atoms with Crippen molar-refractivity contribution >= 4 is 32.7 Å². The summed E-state index contributed by atoms with van der Waals surface area (Å²) in [6.07, 6.45) is 0.120. The Morgan fingerprint density at radius 1 is 1.29 bits per heavy atom. The number of carbonyl (C=O) groups is 1. The summed E-state index contributed by atoms with van der Waals surface area (Å²) in [7, 11) is 0. The summed E-state index contributed by atoms with van der Waals surface area (Å²) in [5, 5.41) is 14.0. The SMILES string of the molecule is CC(COc1ccc2cc(Br)ccc2c1)NCCC(=O)O. The molecular formula is C16H18BrNO3. The highest BCUT2D eigenvalue weighted by Gasteiger charge is 2.05. The Bertz CT molecular complexity index is 630. The molecular weight excluding hydrogens is 334 g/mol. The summed E-state index contributed by atoms with van der Waals surface area (Å²) < 4.78 is 6.80. The minimum absolute atomic E-state index is 0.102. The third kappa shape index (κ3) is 5.02. The molecule has 5 heteroatoms. The average Bonchev–Trinajstić information content (AvgIpc) is 2.44. The molecule has 0 bridgehead atoms. The van der Waals surface area contributed by atoms with Gasteiger partial charge in [0, 0.05) is 17.1 Å². The molecule has 1 atom stereocenters. The predicted molar refractivity (Wildman–Crippen MR) is 86.9 cm³/mol. The number of benzene rings is 2. The van der Waals surface area contributed by atoms with Crippen LogP contribution in [0.15, 0.2) is 40.9 Å². The van der Waals surface area contributed by atoms with E-state index in [4.69, 9.17) is 9.84 Å². The Labute approximate surface area is 132 Å². The molecule has 2 aromatic rings. The summed E-state index contributed by atoms with van der Waals surface area (Å²) in [6, 6.07) is 12.2. The third-order valence-electron chi connectivity index (χ3n) is 3.11. The summed E-state index contributed by atoms with van der Waals surface area (Å²) in [6.45, 7) is 2.92. The summed E-state index contributed by atoms with van der Waals surface area (Å²) in [5.41, 5.74) is 0. The van der Waals surface area contributed by atoms with E-state index in [9.17, 15) is 4.79 Å². The Kier molecular flexibility index (Phi) is 5.59. The maximum absolute atomic E-state index is 10.4. The molecule has 0 fully saturated rings. The van der Waals surface area contributed by atoms with Gasteiger partial charge in [-0.25, -0.2) is 0 Å². The highest BCUT2D eigenvalue weighted by Crippen LogP contribution is 2.24. The zero-order valence-electron chi connectivity index (χ0n) is 11.8. The maximum atomic E-state index is 10.4. The van der Waals surface area contributed by atoms with E-state index in [0.29, 0.717) is 13.2 Å². The van der Waals surface area contributed by atoms with Crippen molar-refractivity contribution in [1.29, 1.82) is 0 Å². The number of aliphatic carboxylic acids is 1. The van der Waals surface area contributed by atoms with E-state index in [-0.39, 0.29) is 12.5 Å². The second-order valence-corrected chi connectivity index (χ2v) is 5.88. The molecule has 2 aromatic carbocycles. The number of nitrogens with one attached hydrogen (secondary N) is 1. The molecule has 2 rings (SSSR count). The number of rotatable bonds is 7. The van der Waals surface area contributed by atoms with Crippen LogP contribution in [0, 0.1) is 0 Å². The van der Waals surface area contributed by atoms with Gasteiger partial charge in [0.1, 0.15) is 12.4 Å². The van der Waals surface area contributed by atoms with Crippen molar-refractivity contribution in [2.75, 3.05) is 13.2 Å². The van der Waals surface area contributed by atoms with E-state index in [1.165, 1.54) is 0 Å². The number of carboxylic acids is 1. The number of hydrogen-bond donors (Lipinski definition) is 2. The van der Waals surface area contributed by atoms with E-state index in [1.807, 2.05) is 37.3 Å². The summed E-state index contributed by atoms with van der Waals surface area (Å²) in [5.74, 6) is 0.0213. The largest absolute Gasteiger partial charge is 0.492 e. The lowest BCUT2D eigenvalue weighted by molar-refractivity contribution is -0.136. The van der Waals surface area contributed by atoms with Crippen molar-refractivity contribution in [3.8, 4) is 5.75 Å². The fourth-order valence-electron chi connectivity index (χ4n) is 1.99. The van der Waals surface area contributed by atoms with Crippen molar-refractivity contribution < 1.29 is 14.6 Å². The molecule has 0 amide bonds. The maximum Gasteiger partial charge on any atom is 0.304 e. The van der Waals surface area contributed by atoms with Crippen molar-refractivity contribution in [3.05, 3.63) is 40.9 Å². The number of hydrogen-bond acceptors (Lipinski definition) is 3. The summed E-state index contributed by atoms with van der Waals surface area (Å²) >= 11 is 3.45. The number of fused-ring (bicyclic) bond motifs is 1. The average molecular weight is 352 g/mol. The first kappa shape index (κ1) is 15.8. The van der Waals surface area contributed by atoms with Crippen LogP contribution >= 0.6 is 15.9 Å². The Morgan fingerprint density at radius 2 is 2.00 bits per heavy atom. The van der Waals surface area contributed by atoms with Gasteiger partial charge in [-0.2, -0.15) is 0 Å². The molecule has 1 unspecified atom stereocenters. The van der Waals surface area contributed by atoms with E-state index in [1.54, 1.807) is 0 Å². The van der Waals surface area contributed by atoms with Gasteiger partial charge in [0.25, 0.3) is 0 Å². The smallest absolute Gasteiger partial charge is 0.304 e. The Hall–Kier alpha value is -1.59. The predicted octanol–water partition coefficient (Wildman–Crippen LogP) is 3.43. The van der Waals surface area contributed by atoms with Crippen LogP contribution in [0.2, 0.25) is 0 Å². The molecule has 0 aromatic heterocycles. The normalized spacial score (nSPS) is 12.3. The molecule has 2 N–H and O–H groups in total. The third-order valence-corrected chi connectivity index (χ3v) is 3.60. The van der Waals surface area contributed by atoms with Crippen LogP contribution in [0.25, 0.3) is 10.8 Å². The molecule has 0 spiro atoms. The number of ether oxygens (including phenoxy) is 1. The Morgan fingerprint density at radius 3 is 2.76 bits per heavy atom. The van der Waals surface area contributed by atoms with Crippen molar-refractivity contribution in [1.82, 2.24) is 5.32 Å². The second kappa shape index (κ2) is 7.43. The van der Waals surface area contributed by atoms with Crippen LogP contribution < -0.4 is 10.1 Å². The zero-order chi connectivity index (χ0) is 15.2. The van der Waals surface area contributed by atoms with Crippen LogP contribution in [0.3, 0.4) is 0 Å². The van der Waals surface area contributed by atoms with Crippen molar-refractivity contribution in [2.45, 2.75) is 19.4 Å². The van der Waals surface area contributed by atoms with Gasteiger partial charge in [0.15, 0.2) is 0 Å². The molecule has 4 nitrogen and oxygen atoms in total. The second-order valence-electron chi connectivity index (χ2n) is 4.96. The van der Waals surface area contributed by atoms with Gasteiger partial charge in [-0.3, -0.25) is 4.79 Å². The van der Waals surface area contributed by atoms with E-state index in [0.717, 1.165) is 21.0 Å². The van der Waals surface area contributed by atoms with Crippen molar-refractivity contribution in [3.63, 3.8) is 0 Å². The van der Waals surface area contributed by atoms with Gasteiger partial charge in [0.05, 0.1) is 6.42 Å².